The van der Waals surface area contributed by atoms with E-state index < -0.39 is 11.3 Å². The molecule has 0 saturated heterocycles. The van der Waals surface area contributed by atoms with Crippen LogP contribution < -0.4 is 11.1 Å². The van der Waals surface area contributed by atoms with Gasteiger partial charge in [-0.2, -0.15) is 0 Å². The van der Waals surface area contributed by atoms with Gasteiger partial charge in [0.25, 0.3) is 0 Å². The third kappa shape index (κ3) is 2.27. The molecule has 17 heavy (non-hydrogen) atoms. The van der Waals surface area contributed by atoms with Crippen LogP contribution in [0.15, 0.2) is 24.3 Å². The first kappa shape index (κ1) is 11.6. The minimum Gasteiger partial charge on any atom is -0.369 e. The van der Waals surface area contributed by atoms with Gasteiger partial charge < -0.3 is 11.1 Å². The lowest BCUT2D eigenvalue weighted by Crippen LogP contribution is -2.40. The van der Waals surface area contributed by atoms with Crippen LogP contribution in [0.5, 0.6) is 0 Å². The van der Waals surface area contributed by atoms with Gasteiger partial charge in [-0.25, -0.2) is 4.39 Å². The average Bonchev–Trinajstić information content (AvgIpc) is 3.09. The van der Waals surface area contributed by atoms with E-state index in [1.165, 1.54) is 12.1 Å². The summed E-state index contributed by atoms with van der Waals surface area (Å²) in [6.07, 6.45) is 1.02. The largest absolute Gasteiger partial charge is 0.369 e. The lowest BCUT2D eigenvalue weighted by atomic mass is 10.1. The zero-order valence-corrected chi connectivity index (χ0v) is 9.20. The van der Waals surface area contributed by atoms with Gasteiger partial charge in [0.2, 0.25) is 11.8 Å². The first-order valence-corrected chi connectivity index (χ1v) is 5.37. The molecule has 90 valence electrons. The molecule has 0 atom stereocenters. The van der Waals surface area contributed by atoms with Crippen molar-refractivity contribution < 1.29 is 14.0 Å². The Kier molecular flexibility index (Phi) is 2.83. The van der Waals surface area contributed by atoms with Crippen molar-refractivity contribution in [2.24, 2.45) is 11.1 Å². The summed E-state index contributed by atoms with van der Waals surface area (Å²) in [7, 11) is 0. The van der Waals surface area contributed by atoms with Crippen LogP contribution in [-0.4, -0.2) is 11.8 Å². The molecule has 1 aliphatic rings. The molecule has 1 aliphatic carbocycles. The van der Waals surface area contributed by atoms with Crippen molar-refractivity contribution >= 4 is 11.8 Å². The Morgan fingerprint density at radius 1 is 1.29 bits per heavy atom. The molecule has 0 unspecified atom stereocenters. The number of primary amides is 1. The van der Waals surface area contributed by atoms with Crippen molar-refractivity contribution in [3.8, 4) is 0 Å². The number of halogens is 1. The van der Waals surface area contributed by atoms with Crippen LogP contribution in [0.2, 0.25) is 0 Å². The Hall–Kier alpha value is -1.91. The third-order valence-corrected chi connectivity index (χ3v) is 3.02. The van der Waals surface area contributed by atoms with Crippen LogP contribution >= 0.6 is 0 Å². The summed E-state index contributed by atoms with van der Waals surface area (Å²) in [5, 5.41) is 2.64. The van der Waals surface area contributed by atoms with E-state index in [-0.39, 0.29) is 18.3 Å². The third-order valence-electron chi connectivity index (χ3n) is 3.02. The molecule has 4 nitrogen and oxygen atoms in total. The number of rotatable bonds is 4. The number of hydrogen-bond acceptors (Lipinski definition) is 2. The van der Waals surface area contributed by atoms with E-state index in [9.17, 15) is 14.0 Å². The van der Waals surface area contributed by atoms with Crippen molar-refractivity contribution in [3.63, 3.8) is 0 Å². The molecule has 0 aromatic heterocycles. The summed E-state index contributed by atoms with van der Waals surface area (Å²) in [5.41, 5.74) is 4.95. The fourth-order valence-electron chi connectivity index (χ4n) is 1.66. The highest BCUT2D eigenvalue weighted by molar-refractivity contribution is 6.07. The Morgan fingerprint density at radius 3 is 2.35 bits per heavy atom. The summed E-state index contributed by atoms with van der Waals surface area (Å²) in [6.45, 7) is 0.272. The van der Waals surface area contributed by atoms with Crippen molar-refractivity contribution in [1.82, 2.24) is 5.32 Å². The predicted molar refractivity (Wildman–Crippen MR) is 59.1 cm³/mol. The molecule has 2 rings (SSSR count). The normalized spacial score (nSPS) is 16.3. The molecule has 1 fully saturated rings. The summed E-state index contributed by atoms with van der Waals surface area (Å²) in [4.78, 5) is 22.8. The van der Waals surface area contributed by atoms with E-state index >= 15 is 0 Å². The molecular weight excluding hydrogens is 223 g/mol. The fraction of sp³-hybridized carbons (Fsp3) is 0.333. The first-order chi connectivity index (χ1) is 8.04. The molecule has 0 radical (unpaired) electrons. The first-order valence-electron chi connectivity index (χ1n) is 5.37. The van der Waals surface area contributed by atoms with E-state index in [1.54, 1.807) is 12.1 Å². The van der Waals surface area contributed by atoms with Gasteiger partial charge in [-0.3, -0.25) is 9.59 Å². The topological polar surface area (TPSA) is 72.2 Å². The number of carbonyl (C=O) groups is 2. The maximum Gasteiger partial charge on any atom is 0.235 e. The van der Waals surface area contributed by atoms with Crippen molar-refractivity contribution in [1.29, 1.82) is 0 Å². The standard InChI is InChI=1S/C12H13FN2O2/c13-9-3-1-8(2-4-9)7-15-11(17)12(5-6-12)10(14)16/h1-4H,5-7H2,(H2,14,16)(H,15,17). The summed E-state index contributed by atoms with van der Waals surface area (Å²) < 4.78 is 12.6. The zero-order valence-electron chi connectivity index (χ0n) is 9.20. The quantitative estimate of drug-likeness (QED) is 0.755. The molecule has 0 bridgehead atoms. The maximum atomic E-state index is 12.6. The van der Waals surface area contributed by atoms with Crippen LogP contribution in [0.4, 0.5) is 4.39 Å². The van der Waals surface area contributed by atoms with Gasteiger partial charge >= 0.3 is 0 Å². The second-order valence-electron chi connectivity index (χ2n) is 4.26. The summed E-state index contributed by atoms with van der Waals surface area (Å²) in [6, 6.07) is 5.81. The van der Waals surface area contributed by atoms with Gasteiger partial charge in [-0.05, 0) is 30.5 Å². The number of benzene rings is 1. The summed E-state index contributed by atoms with van der Waals surface area (Å²) >= 11 is 0. The zero-order chi connectivity index (χ0) is 12.5. The predicted octanol–water partition coefficient (Wildman–Crippen LogP) is 0.707. The second kappa shape index (κ2) is 4.16. The molecule has 0 heterocycles. The molecule has 0 spiro atoms. The number of hydrogen-bond donors (Lipinski definition) is 2. The molecule has 3 N–H and O–H groups in total. The van der Waals surface area contributed by atoms with Gasteiger partial charge in [0.1, 0.15) is 11.2 Å². The van der Waals surface area contributed by atoms with E-state index in [0.29, 0.717) is 12.8 Å². The molecule has 5 heteroatoms. The monoisotopic (exact) mass is 236 g/mol. The van der Waals surface area contributed by atoms with Gasteiger partial charge in [-0.1, -0.05) is 12.1 Å². The van der Waals surface area contributed by atoms with Gasteiger partial charge in [0, 0.05) is 6.54 Å². The molecule has 1 aromatic rings. The Labute approximate surface area is 98.0 Å². The molecule has 0 aliphatic heterocycles. The van der Waals surface area contributed by atoms with E-state index in [4.69, 9.17) is 5.73 Å². The van der Waals surface area contributed by atoms with Crippen molar-refractivity contribution in [2.75, 3.05) is 0 Å². The number of carbonyl (C=O) groups excluding carboxylic acids is 2. The SMILES string of the molecule is NC(=O)C1(C(=O)NCc2ccc(F)cc2)CC1. The van der Waals surface area contributed by atoms with Crippen LogP contribution in [0, 0.1) is 11.2 Å². The molecular formula is C12H13FN2O2. The highest BCUT2D eigenvalue weighted by Gasteiger charge is 2.55. The molecule has 1 aromatic carbocycles. The molecule has 2 amide bonds. The van der Waals surface area contributed by atoms with E-state index in [1.807, 2.05) is 0 Å². The van der Waals surface area contributed by atoms with Crippen molar-refractivity contribution in [3.05, 3.63) is 35.6 Å². The van der Waals surface area contributed by atoms with Gasteiger partial charge in [0.15, 0.2) is 0 Å². The minimum absolute atomic E-state index is 0.272. The van der Waals surface area contributed by atoms with Gasteiger partial charge in [-0.15, -0.1) is 0 Å². The average molecular weight is 236 g/mol. The van der Waals surface area contributed by atoms with Crippen molar-refractivity contribution in [2.45, 2.75) is 19.4 Å². The van der Waals surface area contributed by atoms with Crippen LogP contribution in [0.25, 0.3) is 0 Å². The molecule has 1 saturated carbocycles. The van der Waals surface area contributed by atoms with E-state index in [2.05, 4.69) is 5.32 Å². The fourth-order valence-corrected chi connectivity index (χ4v) is 1.66. The minimum atomic E-state index is -1.000. The van der Waals surface area contributed by atoms with E-state index in [0.717, 1.165) is 5.56 Å². The summed E-state index contributed by atoms with van der Waals surface area (Å²) in [5.74, 6) is -1.24. The second-order valence-corrected chi connectivity index (χ2v) is 4.26. The smallest absolute Gasteiger partial charge is 0.235 e. The van der Waals surface area contributed by atoms with Crippen LogP contribution in [-0.2, 0) is 16.1 Å². The Balaban J connectivity index is 1.93. The maximum absolute atomic E-state index is 12.6. The van der Waals surface area contributed by atoms with Gasteiger partial charge in [0.05, 0.1) is 0 Å². The number of nitrogens with two attached hydrogens (primary N) is 1. The lowest BCUT2D eigenvalue weighted by Gasteiger charge is -2.11. The Bertz CT molecular complexity index is 452. The van der Waals surface area contributed by atoms with Crippen LogP contribution in [0.1, 0.15) is 18.4 Å². The highest BCUT2D eigenvalue weighted by atomic mass is 19.1. The van der Waals surface area contributed by atoms with Crippen LogP contribution in [0.3, 0.4) is 0 Å². The Morgan fingerprint density at radius 2 is 1.88 bits per heavy atom. The highest BCUT2D eigenvalue weighted by Crippen LogP contribution is 2.45. The number of amides is 2. The lowest BCUT2D eigenvalue weighted by molar-refractivity contribution is -0.135. The number of nitrogens with one attached hydrogen (secondary N) is 1.